The molecule has 0 atom stereocenters. The van der Waals surface area contributed by atoms with E-state index in [1.54, 1.807) is 6.33 Å². The van der Waals surface area contributed by atoms with Crippen molar-refractivity contribution < 1.29 is 14.3 Å². The monoisotopic (exact) mass is 438 g/mol. The van der Waals surface area contributed by atoms with Crippen LogP contribution in [0.25, 0.3) is 0 Å². The Morgan fingerprint density at radius 3 is 2.72 bits per heavy atom. The Morgan fingerprint density at radius 1 is 1.00 bits per heavy atom. The zero-order valence-electron chi connectivity index (χ0n) is 18.3. The summed E-state index contributed by atoms with van der Waals surface area (Å²) in [6.07, 6.45) is 4.24. The Bertz CT molecular complexity index is 947. The minimum absolute atomic E-state index is 0.284. The van der Waals surface area contributed by atoms with Gasteiger partial charge in [-0.2, -0.15) is 0 Å². The van der Waals surface area contributed by atoms with E-state index in [0.29, 0.717) is 13.2 Å². The van der Waals surface area contributed by atoms with Gasteiger partial charge < -0.3 is 24.6 Å². The first-order valence-electron chi connectivity index (χ1n) is 11.4. The highest BCUT2D eigenvalue weighted by Gasteiger charge is 2.21. The van der Waals surface area contributed by atoms with Crippen molar-refractivity contribution in [2.24, 2.45) is 0 Å². The summed E-state index contributed by atoms with van der Waals surface area (Å²) in [6.45, 7) is 7.54. The average Bonchev–Trinajstić information content (AvgIpc) is 3.46. The molecule has 32 heavy (non-hydrogen) atoms. The van der Waals surface area contributed by atoms with Crippen molar-refractivity contribution in [3.63, 3.8) is 0 Å². The number of nitrogens with one attached hydrogen (secondary N) is 1. The van der Waals surface area contributed by atoms with Crippen LogP contribution in [0.4, 0.5) is 11.6 Å². The van der Waals surface area contributed by atoms with Gasteiger partial charge in [0.25, 0.3) is 0 Å². The number of nitrogens with zero attached hydrogens (tertiary/aromatic N) is 5. The minimum Gasteiger partial charge on any atom is -0.454 e. The average molecular weight is 439 g/mol. The first-order chi connectivity index (χ1) is 15.7. The van der Waals surface area contributed by atoms with E-state index >= 15 is 0 Å². The van der Waals surface area contributed by atoms with Crippen molar-refractivity contribution >= 4 is 17.5 Å². The molecule has 1 N–H and O–H groups in total. The third-order valence-electron chi connectivity index (χ3n) is 6.27. The van der Waals surface area contributed by atoms with E-state index in [1.165, 1.54) is 5.56 Å². The van der Waals surface area contributed by atoms with E-state index in [4.69, 9.17) is 9.47 Å². The van der Waals surface area contributed by atoms with Crippen LogP contribution in [-0.2, 0) is 11.3 Å². The molecule has 0 spiro atoms. The number of amides is 1. The van der Waals surface area contributed by atoms with E-state index in [-0.39, 0.29) is 5.91 Å². The molecule has 0 radical (unpaired) electrons. The maximum absolute atomic E-state index is 11.7. The molecule has 2 aromatic rings. The lowest BCUT2D eigenvalue weighted by Crippen LogP contribution is -2.46. The number of carbonyl (C=O) groups is 1. The van der Waals surface area contributed by atoms with Crippen LogP contribution in [0.2, 0.25) is 0 Å². The number of piperazine rings is 1. The number of ether oxygens (including phenoxy) is 2. The highest BCUT2D eigenvalue weighted by molar-refractivity contribution is 5.78. The van der Waals surface area contributed by atoms with Crippen LogP contribution < -0.4 is 19.7 Å². The molecule has 9 nitrogen and oxygen atoms in total. The molecule has 1 aromatic heterocycles. The van der Waals surface area contributed by atoms with E-state index in [0.717, 1.165) is 88.3 Å². The molecule has 2 saturated heterocycles. The minimum atomic E-state index is 0.284. The SMILES string of the molecule is O=C1CCCN1CCCNc1cc(N2CCN(Cc3ccc4c(c3)OCO4)CC2)ncn1. The molecular formula is C23H30N6O3. The zero-order chi connectivity index (χ0) is 21.8. The molecule has 1 amide bonds. The van der Waals surface area contributed by atoms with Crippen LogP contribution in [-0.4, -0.2) is 78.3 Å². The van der Waals surface area contributed by atoms with Gasteiger partial charge in [0, 0.05) is 64.8 Å². The number of benzene rings is 1. The normalized spacial score (nSPS) is 18.4. The number of anilines is 2. The van der Waals surface area contributed by atoms with Gasteiger partial charge in [0.2, 0.25) is 12.7 Å². The molecule has 3 aliphatic heterocycles. The molecule has 3 aliphatic rings. The second-order valence-corrected chi connectivity index (χ2v) is 8.48. The van der Waals surface area contributed by atoms with E-state index in [9.17, 15) is 4.79 Å². The first kappa shape index (κ1) is 20.8. The number of carbonyl (C=O) groups excluding carboxylic acids is 1. The summed E-state index contributed by atoms with van der Waals surface area (Å²) in [5.41, 5.74) is 1.24. The van der Waals surface area contributed by atoms with Crippen LogP contribution in [0.1, 0.15) is 24.8 Å². The van der Waals surface area contributed by atoms with Gasteiger partial charge >= 0.3 is 0 Å². The van der Waals surface area contributed by atoms with Crippen molar-refractivity contribution in [2.45, 2.75) is 25.8 Å². The van der Waals surface area contributed by atoms with E-state index in [2.05, 4.69) is 37.2 Å². The van der Waals surface area contributed by atoms with Gasteiger partial charge in [-0.1, -0.05) is 6.07 Å². The second kappa shape index (κ2) is 9.60. The molecule has 0 unspecified atom stereocenters. The number of rotatable bonds is 8. The molecule has 5 rings (SSSR count). The van der Waals surface area contributed by atoms with Crippen molar-refractivity contribution in [1.82, 2.24) is 19.8 Å². The van der Waals surface area contributed by atoms with Gasteiger partial charge in [0.15, 0.2) is 11.5 Å². The van der Waals surface area contributed by atoms with Crippen molar-refractivity contribution in [2.75, 3.05) is 62.8 Å². The Hall–Kier alpha value is -3.07. The maximum Gasteiger partial charge on any atom is 0.231 e. The van der Waals surface area contributed by atoms with Crippen LogP contribution in [0.5, 0.6) is 11.5 Å². The Morgan fingerprint density at radius 2 is 1.88 bits per heavy atom. The standard InChI is InChI=1S/C23H30N6O3/c30-23-3-1-7-29(23)8-2-6-24-21-14-22(26-16-25-21)28-11-9-27(10-12-28)15-18-4-5-19-20(13-18)32-17-31-19/h4-5,13-14,16H,1-3,6-12,15,17H2,(H,24,25,26). The number of fused-ring (bicyclic) bond motifs is 1. The number of aromatic nitrogens is 2. The van der Waals surface area contributed by atoms with Gasteiger partial charge in [-0.3, -0.25) is 9.69 Å². The van der Waals surface area contributed by atoms with Crippen LogP contribution in [0.15, 0.2) is 30.6 Å². The molecular weight excluding hydrogens is 408 g/mol. The third-order valence-corrected chi connectivity index (χ3v) is 6.27. The summed E-state index contributed by atoms with van der Waals surface area (Å²) < 4.78 is 10.9. The molecule has 0 saturated carbocycles. The first-order valence-corrected chi connectivity index (χ1v) is 11.4. The van der Waals surface area contributed by atoms with Gasteiger partial charge in [0.1, 0.15) is 18.0 Å². The topological polar surface area (TPSA) is 83.1 Å². The van der Waals surface area contributed by atoms with Gasteiger partial charge in [0.05, 0.1) is 0 Å². The lowest BCUT2D eigenvalue weighted by Gasteiger charge is -2.35. The highest BCUT2D eigenvalue weighted by atomic mass is 16.7. The zero-order valence-corrected chi connectivity index (χ0v) is 18.3. The molecule has 4 heterocycles. The Kier molecular flexibility index (Phi) is 6.24. The Balaban J connectivity index is 1.08. The molecule has 2 fully saturated rings. The smallest absolute Gasteiger partial charge is 0.231 e. The second-order valence-electron chi connectivity index (χ2n) is 8.48. The fourth-order valence-electron chi connectivity index (χ4n) is 4.48. The molecule has 9 heteroatoms. The predicted molar refractivity (Wildman–Crippen MR) is 121 cm³/mol. The summed E-state index contributed by atoms with van der Waals surface area (Å²) in [4.78, 5) is 27.3. The van der Waals surface area contributed by atoms with Gasteiger partial charge in [-0.15, -0.1) is 0 Å². The largest absolute Gasteiger partial charge is 0.454 e. The highest BCUT2D eigenvalue weighted by Crippen LogP contribution is 2.33. The van der Waals surface area contributed by atoms with Crippen molar-refractivity contribution in [3.05, 3.63) is 36.2 Å². The van der Waals surface area contributed by atoms with Crippen LogP contribution in [0, 0.1) is 0 Å². The van der Waals surface area contributed by atoms with Crippen molar-refractivity contribution in [3.8, 4) is 11.5 Å². The lowest BCUT2D eigenvalue weighted by molar-refractivity contribution is -0.127. The van der Waals surface area contributed by atoms with E-state index in [1.807, 2.05) is 17.0 Å². The lowest BCUT2D eigenvalue weighted by atomic mass is 10.1. The summed E-state index contributed by atoms with van der Waals surface area (Å²) in [6, 6.07) is 8.21. The van der Waals surface area contributed by atoms with Crippen LogP contribution in [0.3, 0.4) is 0 Å². The fraction of sp³-hybridized carbons (Fsp3) is 0.522. The molecule has 170 valence electrons. The third kappa shape index (κ3) is 4.88. The number of likely N-dealkylation sites (tertiary alicyclic amines) is 1. The summed E-state index contributed by atoms with van der Waals surface area (Å²) >= 11 is 0. The van der Waals surface area contributed by atoms with Gasteiger partial charge in [-0.05, 0) is 30.5 Å². The van der Waals surface area contributed by atoms with E-state index < -0.39 is 0 Å². The maximum atomic E-state index is 11.7. The molecule has 0 aliphatic carbocycles. The van der Waals surface area contributed by atoms with Crippen LogP contribution >= 0.6 is 0 Å². The predicted octanol–water partition coefficient (Wildman–Crippen LogP) is 1.95. The molecule has 1 aromatic carbocycles. The Labute approximate surface area is 188 Å². The summed E-state index contributed by atoms with van der Waals surface area (Å²) in [7, 11) is 0. The summed E-state index contributed by atoms with van der Waals surface area (Å²) in [5, 5.41) is 3.38. The number of hydrogen-bond donors (Lipinski definition) is 1. The number of hydrogen-bond acceptors (Lipinski definition) is 8. The van der Waals surface area contributed by atoms with Gasteiger partial charge in [-0.25, -0.2) is 9.97 Å². The fourth-order valence-corrected chi connectivity index (χ4v) is 4.48. The quantitative estimate of drug-likeness (QED) is 0.627. The summed E-state index contributed by atoms with van der Waals surface area (Å²) in [5.74, 6) is 3.75. The molecule has 0 bridgehead atoms. The van der Waals surface area contributed by atoms with Crippen molar-refractivity contribution in [1.29, 1.82) is 0 Å².